The highest BCUT2D eigenvalue weighted by Gasteiger charge is 2.47. The Balaban J connectivity index is 1.92. The summed E-state index contributed by atoms with van der Waals surface area (Å²) < 4.78 is 13.9. The first-order chi connectivity index (χ1) is 15.3. The Kier molecular flexibility index (Phi) is 4.57. The highest BCUT2D eigenvalue weighted by Crippen LogP contribution is 2.53. The van der Waals surface area contributed by atoms with E-state index >= 15 is 0 Å². The maximum atomic E-state index is 13.1. The number of ketones is 1. The van der Waals surface area contributed by atoms with Crippen LogP contribution in [-0.2, 0) is 16.1 Å². The molecule has 0 spiro atoms. The van der Waals surface area contributed by atoms with Gasteiger partial charge in [-0.3, -0.25) is 4.79 Å². The van der Waals surface area contributed by atoms with Gasteiger partial charge >= 0.3 is 5.97 Å². The van der Waals surface area contributed by atoms with Gasteiger partial charge in [-0.05, 0) is 17.7 Å². The molecule has 0 amide bonds. The molecule has 2 aromatic carbocycles. The minimum absolute atomic E-state index is 0.123. The van der Waals surface area contributed by atoms with E-state index in [1.165, 1.54) is 0 Å². The maximum absolute atomic E-state index is 13.1. The number of carboxylic acid groups (broad SMARTS) is 1. The third-order valence-corrected chi connectivity index (χ3v) is 6.21. The number of hydrogen-bond donors (Lipinski definition) is 1. The number of carboxylic acids is 1. The van der Waals surface area contributed by atoms with E-state index in [4.69, 9.17) is 9.15 Å². The average Bonchev–Trinajstić information content (AvgIpc) is 3.40. The number of nitrogens with zero attached hydrogens (tertiary/aromatic N) is 1. The number of benzene rings is 2. The van der Waals surface area contributed by atoms with Crippen molar-refractivity contribution < 1.29 is 23.8 Å². The van der Waals surface area contributed by atoms with Crippen molar-refractivity contribution in [3.63, 3.8) is 0 Å². The molecule has 1 N–H and O–H groups in total. The van der Waals surface area contributed by atoms with Gasteiger partial charge in [0.1, 0.15) is 23.1 Å². The molecule has 5 rings (SSSR count). The molecule has 1 aliphatic heterocycles. The van der Waals surface area contributed by atoms with E-state index in [2.05, 4.69) is 13.8 Å². The highest BCUT2D eigenvalue weighted by atomic mass is 16.5. The molecule has 1 aliphatic rings. The van der Waals surface area contributed by atoms with Crippen molar-refractivity contribution in [2.24, 2.45) is 5.41 Å². The van der Waals surface area contributed by atoms with Crippen LogP contribution in [0.2, 0.25) is 0 Å². The van der Waals surface area contributed by atoms with Crippen molar-refractivity contribution in [2.75, 3.05) is 7.11 Å². The molecule has 3 heterocycles. The number of rotatable bonds is 5. The topological polar surface area (TPSA) is 81.7 Å². The highest BCUT2D eigenvalue weighted by molar-refractivity contribution is 6.41. The lowest BCUT2D eigenvalue weighted by Gasteiger charge is -2.26. The summed E-state index contributed by atoms with van der Waals surface area (Å²) in [5.74, 6) is -2.00. The second kappa shape index (κ2) is 7.21. The molecule has 32 heavy (non-hydrogen) atoms. The molecule has 4 aromatic rings. The predicted molar refractivity (Wildman–Crippen MR) is 121 cm³/mol. The first-order valence-electron chi connectivity index (χ1n) is 10.4. The molecule has 0 aliphatic carbocycles. The van der Waals surface area contributed by atoms with Crippen molar-refractivity contribution in [3.05, 3.63) is 72.1 Å². The number of aliphatic carboxylic acids is 1. The Morgan fingerprint density at radius 3 is 2.41 bits per heavy atom. The number of para-hydroxylation sites is 1. The number of methoxy groups -OCH3 is 1. The van der Waals surface area contributed by atoms with Crippen LogP contribution in [0.25, 0.3) is 33.4 Å². The Hall–Kier alpha value is -3.64. The lowest BCUT2D eigenvalue weighted by atomic mass is 9.84. The second-order valence-corrected chi connectivity index (χ2v) is 8.82. The number of carbonyl (C=O) groups excluding carboxylic acids is 1. The summed E-state index contributed by atoms with van der Waals surface area (Å²) in [7, 11) is 1.64. The van der Waals surface area contributed by atoms with E-state index in [1.807, 2.05) is 65.2 Å². The van der Waals surface area contributed by atoms with Crippen LogP contribution in [0.3, 0.4) is 0 Å². The van der Waals surface area contributed by atoms with E-state index < -0.39 is 11.8 Å². The monoisotopic (exact) mass is 429 g/mol. The standard InChI is InChI=1S/C26H23NO5/c1-26(2)14-27-21(23(28)25(29)30)20(18-13-16-11-7-8-12-17(16)32-18)19(22(27)24(26)31-3)15-9-5-4-6-10-15/h4-13,24H,14H2,1-3H3,(H,29,30). The molecule has 6 nitrogen and oxygen atoms in total. The van der Waals surface area contributed by atoms with Crippen molar-refractivity contribution in [2.45, 2.75) is 26.5 Å². The van der Waals surface area contributed by atoms with Gasteiger partial charge in [-0.2, -0.15) is 0 Å². The number of ether oxygens (including phenoxy) is 1. The van der Waals surface area contributed by atoms with Gasteiger partial charge in [0.15, 0.2) is 0 Å². The predicted octanol–water partition coefficient (Wildman–Crippen LogP) is 5.56. The molecule has 162 valence electrons. The zero-order chi connectivity index (χ0) is 22.6. The Bertz CT molecular complexity index is 1330. The summed E-state index contributed by atoms with van der Waals surface area (Å²) in [6.45, 7) is 4.56. The quantitative estimate of drug-likeness (QED) is 0.332. The van der Waals surface area contributed by atoms with Gasteiger partial charge < -0.3 is 18.8 Å². The molecular formula is C26H23NO5. The summed E-state index contributed by atoms with van der Waals surface area (Å²) >= 11 is 0. The molecule has 2 aromatic heterocycles. The van der Waals surface area contributed by atoms with Gasteiger partial charge in [0.05, 0.1) is 11.3 Å². The smallest absolute Gasteiger partial charge is 0.378 e. The average molecular weight is 429 g/mol. The molecule has 0 saturated heterocycles. The summed E-state index contributed by atoms with van der Waals surface area (Å²) in [4.78, 5) is 25.0. The Morgan fingerprint density at radius 2 is 1.75 bits per heavy atom. The zero-order valence-electron chi connectivity index (χ0n) is 18.1. The van der Waals surface area contributed by atoms with E-state index in [1.54, 1.807) is 7.11 Å². The molecule has 0 fully saturated rings. The number of hydrogen-bond acceptors (Lipinski definition) is 4. The van der Waals surface area contributed by atoms with Gasteiger partial charge in [0, 0.05) is 30.0 Å². The molecule has 0 saturated carbocycles. The van der Waals surface area contributed by atoms with E-state index in [-0.39, 0.29) is 17.2 Å². The minimum Gasteiger partial charge on any atom is -0.475 e. The number of Topliss-reactive ketones (excluding diaryl/α,β-unsaturated/α-hetero) is 1. The molecule has 0 radical (unpaired) electrons. The van der Waals surface area contributed by atoms with E-state index in [0.29, 0.717) is 23.5 Å². The van der Waals surface area contributed by atoms with Gasteiger partial charge in [-0.15, -0.1) is 0 Å². The third kappa shape index (κ3) is 2.91. The van der Waals surface area contributed by atoms with E-state index in [0.717, 1.165) is 22.2 Å². The minimum atomic E-state index is -1.50. The van der Waals surface area contributed by atoms with Crippen LogP contribution in [-0.4, -0.2) is 28.5 Å². The molecule has 1 unspecified atom stereocenters. The SMILES string of the molecule is COC1c2c(-c3ccccc3)c(-c3cc4ccccc4o3)c(C(=O)C(=O)O)n2CC1(C)C. The van der Waals surface area contributed by atoms with E-state index in [9.17, 15) is 14.7 Å². The van der Waals surface area contributed by atoms with Crippen molar-refractivity contribution >= 4 is 22.7 Å². The molecule has 6 heteroatoms. The van der Waals surface area contributed by atoms with Gasteiger partial charge in [-0.25, -0.2) is 4.79 Å². The molecule has 0 bridgehead atoms. The summed E-state index contributed by atoms with van der Waals surface area (Å²) in [5.41, 5.74) is 3.40. The molecule has 1 atom stereocenters. The Morgan fingerprint density at radius 1 is 1.06 bits per heavy atom. The van der Waals surface area contributed by atoms with Crippen LogP contribution in [0.4, 0.5) is 0 Å². The van der Waals surface area contributed by atoms with Crippen LogP contribution in [0.1, 0.15) is 36.1 Å². The van der Waals surface area contributed by atoms with Crippen LogP contribution in [0.15, 0.2) is 65.1 Å². The van der Waals surface area contributed by atoms with Crippen LogP contribution in [0.5, 0.6) is 0 Å². The van der Waals surface area contributed by atoms with Crippen molar-refractivity contribution in [3.8, 4) is 22.5 Å². The summed E-state index contributed by atoms with van der Waals surface area (Å²) in [6, 6.07) is 19.1. The Labute approximate surface area is 185 Å². The number of fused-ring (bicyclic) bond motifs is 2. The zero-order valence-corrected chi connectivity index (χ0v) is 18.1. The van der Waals surface area contributed by atoms with Gasteiger partial charge in [0.25, 0.3) is 5.78 Å². The van der Waals surface area contributed by atoms with Gasteiger partial charge in [-0.1, -0.05) is 62.4 Å². The largest absolute Gasteiger partial charge is 0.475 e. The second-order valence-electron chi connectivity index (χ2n) is 8.82. The molecular weight excluding hydrogens is 406 g/mol. The van der Waals surface area contributed by atoms with Crippen LogP contribution < -0.4 is 0 Å². The van der Waals surface area contributed by atoms with Crippen LogP contribution in [0, 0.1) is 5.41 Å². The van der Waals surface area contributed by atoms with Gasteiger partial charge in [0.2, 0.25) is 0 Å². The number of furan rings is 1. The summed E-state index contributed by atoms with van der Waals surface area (Å²) in [5, 5.41) is 10.6. The third-order valence-electron chi connectivity index (χ3n) is 6.21. The number of aromatic nitrogens is 1. The first-order valence-corrected chi connectivity index (χ1v) is 10.4. The lowest BCUT2D eigenvalue weighted by molar-refractivity contribution is -0.131. The normalized spacial score (nSPS) is 16.9. The lowest BCUT2D eigenvalue weighted by Crippen LogP contribution is -2.22. The fourth-order valence-electron chi connectivity index (χ4n) is 4.94. The van der Waals surface area contributed by atoms with Crippen LogP contribution >= 0.6 is 0 Å². The fraction of sp³-hybridized carbons (Fsp3) is 0.231. The first kappa shape index (κ1) is 20.3. The number of carbonyl (C=O) groups is 2. The van der Waals surface area contributed by atoms with Crippen molar-refractivity contribution in [1.82, 2.24) is 4.57 Å². The fourth-order valence-corrected chi connectivity index (χ4v) is 4.94. The van der Waals surface area contributed by atoms with Crippen molar-refractivity contribution in [1.29, 1.82) is 0 Å². The maximum Gasteiger partial charge on any atom is 0.378 e. The summed E-state index contributed by atoms with van der Waals surface area (Å²) in [6.07, 6.45) is -0.323.